The van der Waals surface area contributed by atoms with Crippen LogP contribution in [0.4, 0.5) is 0 Å². The molecule has 0 aromatic heterocycles. The fourth-order valence-corrected chi connectivity index (χ4v) is 2.67. The summed E-state index contributed by atoms with van der Waals surface area (Å²) in [5.74, 6) is 1.06. The first kappa shape index (κ1) is 17.3. The number of benzene rings is 1. The van der Waals surface area contributed by atoms with Gasteiger partial charge in [0.15, 0.2) is 5.75 Å². The molecular weight excluding hydrogens is 296 g/mol. The van der Waals surface area contributed by atoms with E-state index in [1.807, 2.05) is 39.8 Å². The van der Waals surface area contributed by atoms with Gasteiger partial charge in [-0.1, -0.05) is 53.7 Å². The van der Waals surface area contributed by atoms with E-state index in [1.54, 1.807) is 0 Å². The Labute approximate surface area is 126 Å². The van der Waals surface area contributed by atoms with Crippen LogP contribution < -0.4 is 4.18 Å². The van der Waals surface area contributed by atoms with Gasteiger partial charge in [-0.2, -0.15) is 8.42 Å². The number of hydrogen-bond donors (Lipinski definition) is 0. The van der Waals surface area contributed by atoms with Crippen molar-refractivity contribution in [2.45, 2.75) is 59.3 Å². The number of halogens is 1. The predicted molar refractivity (Wildman–Crippen MR) is 84.1 cm³/mol. The molecule has 0 spiro atoms. The highest BCUT2D eigenvalue weighted by Gasteiger charge is 2.22. The molecule has 0 saturated heterocycles. The van der Waals surface area contributed by atoms with Gasteiger partial charge in [-0.05, 0) is 34.4 Å². The van der Waals surface area contributed by atoms with Crippen LogP contribution in [-0.4, -0.2) is 8.42 Å². The second-order valence-corrected chi connectivity index (χ2v) is 8.06. The highest BCUT2D eigenvalue weighted by atomic mass is 35.7. The zero-order valence-corrected chi connectivity index (χ0v) is 14.5. The molecule has 0 N–H and O–H groups in total. The molecule has 0 fully saturated rings. The lowest BCUT2D eigenvalue weighted by Crippen LogP contribution is -2.09. The van der Waals surface area contributed by atoms with Crippen molar-refractivity contribution in [1.82, 2.24) is 0 Å². The molecule has 0 bridgehead atoms. The standard InChI is InChI=1S/C15H23ClO3S/c1-9(2)12-7-13(10(3)4)15(19-20(16,17)18)14(8-12)11(5)6/h7-11H,1-6H3. The van der Waals surface area contributed by atoms with E-state index >= 15 is 0 Å². The van der Waals surface area contributed by atoms with E-state index in [0.717, 1.165) is 11.1 Å². The quantitative estimate of drug-likeness (QED) is 0.724. The Morgan fingerprint density at radius 3 is 1.55 bits per heavy atom. The molecule has 0 unspecified atom stereocenters. The molecule has 0 aliphatic heterocycles. The van der Waals surface area contributed by atoms with Gasteiger partial charge in [0.2, 0.25) is 0 Å². The van der Waals surface area contributed by atoms with Gasteiger partial charge in [-0.25, -0.2) is 0 Å². The van der Waals surface area contributed by atoms with Crippen LogP contribution in [0.3, 0.4) is 0 Å². The maximum atomic E-state index is 11.3. The first-order chi connectivity index (χ1) is 9.03. The summed E-state index contributed by atoms with van der Waals surface area (Å²) < 4.78 is 27.7. The topological polar surface area (TPSA) is 43.4 Å². The van der Waals surface area contributed by atoms with Crippen molar-refractivity contribution in [3.63, 3.8) is 0 Å². The van der Waals surface area contributed by atoms with Crippen molar-refractivity contribution < 1.29 is 12.6 Å². The van der Waals surface area contributed by atoms with Gasteiger partial charge in [-0.3, -0.25) is 0 Å². The van der Waals surface area contributed by atoms with Crippen LogP contribution in [0.5, 0.6) is 5.75 Å². The van der Waals surface area contributed by atoms with Crippen LogP contribution in [0.15, 0.2) is 12.1 Å². The Balaban J connectivity index is 3.59. The van der Waals surface area contributed by atoms with Crippen LogP contribution in [0, 0.1) is 0 Å². The minimum Gasteiger partial charge on any atom is -0.370 e. The molecule has 0 aliphatic carbocycles. The van der Waals surface area contributed by atoms with Gasteiger partial charge in [0.1, 0.15) is 0 Å². The summed E-state index contributed by atoms with van der Waals surface area (Å²) in [5.41, 5.74) is 2.94. The van der Waals surface area contributed by atoms with Crippen molar-refractivity contribution in [2.24, 2.45) is 0 Å². The van der Waals surface area contributed by atoms with Crippen LogP contribution >= 0.6 is 10.7 Å². The lowest BCUT2D eigenvalue weighted by Gasteiger charge is -2.21. The second-order valence-electron chi connectivity index (χ2n) is 5.97. The molecule has 20 heavy (non-hydrogen) atoms. The maximum absolute atomic E-state index is 11.3. The van der Waals surface area contributed by atoms with Crippen molar-refractivity contribution in [1.29, 1.82) is 0 Å². The summed E-state index contributed by atoms with van der Waals surface area (Å²) >= 11 is 0. The monoisotopic (exact) mass is 318 g/mol. The molecule has 0 radical (unpaired) electrons. The molecule has 1 aromatic rings. The lowest BCUT2D eigenvalue weighted by atomic mass is 9.88. The fraction of sp³-hybridized carbons (Fsp3) is 0.600. The van der Waals surface area contributed by atoms with E-state index in [4.69, 9.17) is 14.9 Å². The largest absolute Gasteiger partial charge is 0.401 e. The Bertz CT molecular complexity index is 546. The number of hydrogen-bond acceptors (Lipinski definition) is 3. The summed E-state index contributed by atoms with van der Waals surface area (Å²) in [4.78, 5) is 0. The van der Waals surface area contributed by atoms with Gasteiger partial charge >= 0.3 is 9.33 Å². The summed E-state index contributed by atoms with van der Waals surface area (Å²) in [6.45, 7) is 12.3. The van der Waals surface area contributed by atoms with E-state index in [9.17, 15) is 8.42 Å². The normalized spacial score (nSPS) is 12.5. The van der Waals surface area contributed by atoms with Gasteiger partial charge in [-0.15, -0.1) is 0 Å². The van der Waals surface area contributed by atoms with E-state index in [2.05, 4.69) is 13.8 Å². The molecule has 0 atom stereocenters. The summed E-state index contributed by atoms with van der Waals surface area (Å²) in [6, 6.07) is 4.03. The first-order valence-corrected chi connectivity index (χ1v) is 9.08. The lowest BCUT2D eigenvalue weighted by molar-refractivity contribution is 0.492. The predicted octanol–water partition coefficient (Wildman–Crippen LogP) is 4.92. The third-order valence-corrected chi connectivity index (χ3v) is 3.82. The van der Waals surface area contributed by atoms with Crippen LogP contribution in [0.25, 0.3) is 0 Å². The van der Waals surface area contributed by atoms with Crippen LogP contribution in [0.1, 0.15) is 76.0 Å². The zero-order chi connectivity index (χ0) is 15.7. The molecule has 0 saturated carbocycles. The van der Waals surface area contributed by atoms with Crippen molar-refractivity contribution in [2.75, 3.05) is 0 Å². The minimum atomic E-state index is -4.05. The molecule has 1 rings (SSSR count). The maximum Gasteiger partial charge on any atom is 0.401 e. The molecule has 0 heterocycles. The van der Waals surface area contributed by atoms with Gasteiger partial charge in [0.05, 0.1) is 10.7 Å². The molecule has 0 aliphatic rings. The third kappa shape index (κ3) is 4.38. The Morgan fingerprint density at radius 1 is 0.900 bits per heavy atom. The SMILES string of the molecule is CC(C)c1cc(C(C)C)c(OS(=O)(=O)Cl)c(C(C)C)c1. The average molecular weight is 319 g/mol. The minimum absolute atomic E-state index is 0.152. The van der Waals surface area contributed by atoms with Gasteiger partial charge < -0.3 is 4.18 Å². The summed E-state index contributed by atoms with van der Waals surface area (Å²) in [5, 5.41) is 0. The van der Waals surface area contributed by atoms with E-state index in [-0.39, 0.29) is 11.8 Å². The first-order valence-electron chi connectivity index (χ1n) is 6.84. The summed E-state index contributed by atoms with van der Waals surface area (Å²) in [7, 11) is 1.22. The van der Waals surface area contributed by atoms with E-state index < -0.39 is 9.33 Å². The van der Waals surface area contributed by atoms with Crippen molar-refractivity contribution >= 4 is 20.0 Å². The molecule has 114 valence electrons. The smallest absolute Gasteiger partial charge is 0.370 e. The Kier molecular flexibility index (Phi) is 5.50. The van der Waals surface area contributed by atoms with E-state index in [1.165, 1.54) is 5.56 Å². The number of rotatable bonds is 5. The molecule has 3 nitrogen and oxygen atoms in total. The van der Waals surface area contributed by atoms with Gasteiger partial charge in [0.25, 0.3) is 0 Å². The highest BCUT2D eigenvalue weighted by Crippen LogP contribution is 2.38. The Hall–Kier alpha value is -0.740. The fourth-order valence-electron chi connectivity index (χ4n) is 2.09. The molecule has 0 amide bonds. The van der Waals surface area contributed by atoms with E-state index in [0.29, 0.717) is 11.7 Å². The van der Waals surface area contributed by atoms with Crippen molar-refractivity contribution in [3.8, 4) is 5.75 Å². The van der Waals surface area contributed by atoms with Crippen LogP contribution in [0.2, 0.25) is 0 Å². The van der Waals surface area contributed by atoms with Crippen molar-refractivity contribution in [3.05, 3.63) is 28.8 Å². The second kappa shape index (κ2) is 6.35. The highest BCUT2D eigenvalue weighted by molar-refractivity contribution is 8.10. The molecular formula is C15H23ClO3S. The Morgan fingerprint density at radius 2 is 1.30 bits per heavy atom. The summed E-state index contributed by atoms with van der Waals surface area (Å²) in [6.07, 6.45) is 0. The molecule has 5 heteroatoms. The third-order valence-electron chi connectivity index (χ3n) is 3.26. The average Bonchev–Trinajstić information content (AvgIpc) is 2.25. The van der Waals surface area contributed by atoms with Crippen LogP contribution in [-0.2, 0) is 9.33 Å². The van der Waals surface area contributed by atoms with Gasteiger partial charge in [0, 0.05) is 0 Å². The zero-order valence-electron chi connectivity index (χ0n) is 12.9. The molecule has 1 aromatic carbocycles.